The van der Waals surface area contributed by atoms with Gasteiger partial charge in [0.05, 0.1) is 0 Å². The topological polar surface area (TPSA) is 13.0 Å². The largest absolute Gasteiger partial charge is 0.378 e. The van der Waals surface area contributed by atoms with Crippen LogP contribution >= 0.6 is 0 Å². The van der Waals surface area contributed by atoms with Gasteiger partial charge in [-0.05, 0) is 81.9 Å². The van der Waals surface area contributed by atoms with Gasteiger partial charge in [-0.3, -0.25) is 0 Å². The Bertz CT molecular complexity index is 1390. The number of anilines is 4. The third-order valence-electron chi connectivity index (χ3n) is 8.57. The van der Waals surface area contributed by atoms with Crippen LogP contribution in [0.5, 0.6) is 0 Å². The Morgan fingerprint density at radius 1 is 0.250 bits per heavy atom. The standard InChI is InChI=1S/C40H46N4/c1-41(2)35-21-13-31(14-22-35)39(32-15-23-36(24-16-32)42(3)4)29-9-11-30(12-10-29)40(33-17-25-37(26-18-33)43(5)6)34-19-27-38(28-20-34)44(7)8/h9-28,39-40H,1-8H3. The van der Waals surface area contributed by atoms with Crippen LogP contribution in [0.15, 0.2) is 121 Å². The molecule has 0 spiro atoms. The van der Waals surface area contributed by atoms with Crippen molar-refractivity contribution < 1.29 is 0 Å². The first-order valence-corrected chi connectivity index (χ1v) is 15.3. The van der Waals surface area contributed by atoms with Crippen molar-refractivity contribution >= 4 is 22.7 Å². The van der Waals surface area contributed by atoms with Crippen molar-refractivity contribution in [2.75, 3.05) is 76.0 Å². The zero-order valence-corrected chi connectivity index (χ0v) is 27.5. The van der Waals surface area contributed by atoms with Crippen molar-refractivity contribution in [1.29, 1.82) is 0 Å². The molecule has 4 heteroatoms. The number of hydrogen-bond donors (Lipinski definition) is 0. The third kappa shape index (κ3) is 6.75. The summed E-state index contributed by atoms with van der Waals surface area (Å²) in [6.45, 7) is 0. The minimum atomic E-state index is 0.133. The van der Waals surface area contributed by atoms with Crippen molar-refractivity contribution in [1.82, 2.24) is 0 Å². The highest BCUT2D eigenvalue weighted by molar-refractivity contribution is 5.56. The van der Waals surface area contributed by atoms with Crippen LogP contribution in [0.3, 0.4) is 0 Å². The van der Waals surface area contributed by atoms with Crippen LogP contribution in [0.2, 0.25) is 0 Å². The lowest BCUT2D eigenvalue weighted by atomic mass is 9.81. The molecule has 0 unspecified atom stereocenters. The Morgan fingerprint density at radius 3 is 0.523 bits per heavy atom. The van der Waals surface area contributed by atoms with Gasteiger partial charge >= 0.3 is 0 Å². The highest BCUT2D eigenvalue weighted by atomic mass is 15.1. The van der Waals surface area contributed by atoms with Crippen LogP contribution in [-0.4, -0.2) is 56.4 Å². The number of hydrogen-bond acceptors (Lipinski definition) is 4. The zero-order chi connectivity index (χ0) is 31.4. The molecule has 44 heavy (non-hydrogen) atoms. The summed E-state index contributed by atoms with van der Waals surface area (Å²) in [7, 11) is 16.7. The second-order valence-electron chi connectivity index (χ2n) is 12.5. The molecular formula is C40H46N4. The van der Waals surface area contributed by atoms with Gasteiger partial charge < -0.3 is 19.6 Å². The van der Waals surface area contributed by atoms with E-state index >= 15 is 0 Å². The summed E-state index contributed by atoms with van der Waals surface area (Å²) in [6, 6.07) is 45.2. The molecule has 0 fully saturated rings. The van der Waals surface area contributed by atoms with Gasteiger partial charge in [0.1, 0.15) is 0 Å². The van der Waals surface area contributed by atoms with Gasteiger partial charge in [-0.25, -0.2) is 0 Å². The van der Waals surface area contributed by atoms with Crippen molar-refractivity contribution in [2.45, 2.75) is 11.8 Å². The molecule has 226 valence electrons. The molecule has 0 aliphatic heterocycles. The maximum absolute atomic E-state index is 2.33. The predicted molar refractivity (Wildman–Crippen MR) is 191 cm³/mol. The van der Waals surface area contributed by atoms with E-state index in [9.17, 15) is 0 Å². The van der Waals surface area contributed by atoms with Crippen LogP contribution in [0.25, 0.3) is 0 Å². The lowest BCUT2D eigenvalue weighted by Crippen LogP contribution is -2.11. The molecular weight excluding hydrogens is 536 g/mol. The average Bonchev–Trinajstić information content (AvgIpc) is 3.03. The van der Waals surface area contributed by atoms with Crippen molar-refractivity contribution in [2.24, 2.45) is 0 Å². The van der Waals surface area contributed by atoms with Gasteiger partial charge in [-0.1, -0.05) is 72.8 Å². The summed E-state index contributed by atoms with van der Waals surface area (Å²) in [4.78, 5) is 8.59. The molecule has 5 aromatic carbocycles. The predicted octanol–water partition coefficient (Wildman–Crippen LogP) is 8.31. The Kier molecular flexibility index (Phi) is 9.29. The van der Waals surface area contributed by atoms with Crippen LogP contribution in [0.1, 0.15) is 45.2 Å². The summed E-state index contributed by atoms with van der Waals surface area (Å²) in [5.74, 6) is 0.266. The van der Waals surface area contributed by atoms with Crippen LogP contribution < -0.4 is 19.6 Å². The number of benzene rings is 5. The lowest BCUT2D eigenvalue weighted by Gasteiger charge is -2.24. The average molecular weight is 583 g/mol. The summed E-state index contributed by atoms with van der Waals surface area (Å²) < 4.78 is 0. The monoisotopic (exact) mass is 582 g/mol. The molecule has 0 N–H and O–H groups in total. The first-order chi connectivity index (χ1) is 21.1. The summed E-state index contributed by atoms with van der Waals surface area (Å²) in [6.07, 6.45) is 0. The zero-order valence-electron chi connectivity index (χ0n) is 27.5. The Balaban J connectivity index is 1.57. The number of rotatable bonds is 10. The quantitative estimate of drug-likeness (QED) is 0.154. The Labute approximate surface area is 264 Å². The van der Waals surface area contributed by atoms with E-state index in [2.05, 4.69) is 197 Å². The van der Waals surface area contributed by atoms with E-state index in [4.69, 9.17) is 0 Å². The van der Waals surface area contributed by atoms with Gasteiger partial charge in [0.25, 0.3) is 0 Å². The van der Waals surface area contributed by atoms with E-state index < -0.39 is 0 Å². The smallest absolute Gasteiger partial charge is 0.0361 e. The molecule has 5 aromatic rings. The summed E-state index contributed by atoms with van der Waals surface area (Å²) in [5, 5.41) is 0. The van der Waals surface area contributed by atoms with Gasteiger partial charge in [0, 0.05) is 91.0 Å². The normalized spacial score (nSPS) is 11.1. The molecule has 0 aliphatic rings. The van der Waals surface area contributed by atoms with Gasteiger partial charge in [0.2, 0.25) is 0 Å². The molecule has 0 bridgehead atoms. The van der Waals surface area contributed by atoms with Gasteiger partial charge in [-0.2, -0.15) is 0 Å². The maximum Gasteiger partial charge on any atom is 0.0361 e. The van der Waals surface area contributed by atoms with Crippen LogP contribution in [-0.2, 0) is 0 Å². The van der Waals surface area contributed by atoms with E-state index in [1.165, 1.54) is 56.1 Å². The lowest BCUT2D eigenvalue weighted by molar-refractivity contribution is 0.948. The summed E-state index contributed by atoms with van der Waals surface area (Å²) >= 11 is 0. The molecule has 0 aromatic heterocycles. The SMILES string of the molecule is CN(C)c1ccc(C(c2ccc(C(c3ccc(N(C)C)cc3)c3ccc(N(C)C)cc3)cc2)c2ccc(N(C)C)cc2)cc1. The van der Waals surface area contributed by atoms with E-state index in [0.717, 1.165) is 0 Å². The van der Waals surface area contributed by atoms with Gasteiger partial charge in [-0.15, -0.1) is 0 Å². The minimum Gasteiger partial charge on any atom is -0.378 e. The maximum atomic E-state index is 2.33. The minimum absolute atomic E-state index is 0.133. The fourth-order valence-electron chi connectivity index (χ4n) is 5.90. The van der Waals surface area contributed by atoms with Crippen molar-refractivity contribution in [3.8, 4) is 0 Å². The van der Waals surface area contributed by atoms with Gasteiger partial charge in [0.15, 0.2) is 0 Å². The first kappa shape index (κ1) is 30.7. The Morgan fingerprint density at radius 2 is 0.386 bits per heavy atom. The number of nitrogens with zero attached hydrogens (tertiary/aromatic N) is 4. The van der Waals surface area contributed by atoms with E-state index in [0.29, 0.717) is 0 Å². The van der Waals surface area contributed by atoms with E-state index in [1.54, 1.807) is 0 Å². The van der Waals surface area contributed by atoms with Crippen molar-refractivity contribution in [3.05, 3.63) is 155 Å². The molecule has 4 nitrogen and oxygen atoms in total. The van der Waals surface area contributed by atoms with Crippen molar-refractivity contribution in [3.63, 3.8) is 0 Å². The second-order valence-corrected chi connectivity index (χ2v) is 12.5. The fraction of sp³-hybridized carbons (Fsp3) is 0.250. The highest BCUT2D eigenvalue weighted by Crippen LogP contribution is 2.37. The molecule has 0 radical (unpaired) electrons. The molecule has 0 saturated carbocycles. The molecule has 0 heterocycles. The second kappa shape index (κ2) is 13.3. The molecule has 0 amide bonds. The Hall–Kier alpha value is -4.70. The first-order valence-electron chi connectivity index (χ1n) is 15.3. The molecule has 0 atom stereocenters. The summed E-state index contributed by atoms with van der Waals surface area (Å²) in [5.41, 5.74) is 12.5. The van der Waals surface area contributed by atoms with E-state index in [-0.39, 0.29) is 11.8 Å². The van der Waals surface area contributed by atoms with E-state index in [1.807, 2.05) is 0 Å². The molecule has 0 aliphatic carbocycles. The highest BCUT2D eigenvalue weighted by Gasteiger charge is 2.21. The molecule has 5 rings (SSSR count). The fourth-order valence-corrected chi connectivity index (χ4v) is 5.90. The third-order valence-corrected chi connectivity index (χ3v) is 8.57. The van der Waals surface area contributed by atoms with Crippen LogP contribution in [0.4, 0.5) is 22.7 Å². The molecule has 0 saturated heterocycles. The van der Waals surface area contributed by atoms with Crippen LogP contribution in [0, 0.1) is 0 Å².